The van der Waals surface area contributed by atoms with E-state index in [0.29, 0.717) is 11.3 Å². The second kappa shape index (κ2) is 8.01. The Hall–Kier alpha value is -3.70. The molecule has 2 heterocycles. The van der Waals surface area contributed by atoms with E-state index in [1.54, 1.807) is 18.2 Å². The van der Waals surface area contributed by atoms with Crippen molar-refractivity contribution in [1.82, 2.24) is 14.5 Å². The molecule has 1 fully saturated rings. The summed E-state index contributed by atoms with van der Waals surface area (Å²) >= 11 is 0. The Balaban J connectivity index is 1.47. The summed E-state index contributed by atoms with van der Waals surface area (Å²) in [7, 11) is -0.761. The monoisotopic (exact) mass is 470 g/mol. The Morgan fingerprint density at radius 2 is 1.79 bits per heavy atom. The fourth-order valence-electron chi connectivity index (χ4n) is 3.50. The Morgan fingerprint density at radius 3 is 2.42 bits per heavy atom. The van der Waals surface area contributed by atoms with Gasteiger partial charge in [0.2, 0.25) is 15.9 Å². The van der Waals surface area contributed by atoms with E-state index in [0.717, 1.165) is 14.6 Å². The van der Waals surface area contributed by atoms with Gasteiger partial charge in [0.1, 0.15) is 17.9 Å². The van der Waals surface area contributed by atoms with Gasteiger partial charge in [0.05, 0.1) is 4.90 Å². The van der Waals surface area contributed by atoms with Crippen molar-refractivity contribution in [2.45, 2.75) is 17.4 Å². The van der Waals surface area contributed by atoms with Crippen LogP contribution >= 0.6 is 0 Å². The van der Waals surface area contributed by atoms with Crippen LogP contribution in [-0.4, -0.2) is 56.1 Å². The molecule has 1 atom stereocenters. The van der Waals surface area contributed by atoms with Crippen LogP contribution in [-0.2, 0) is 25.2 Å². The number of urea groups is 1. The molecule has 4 rings (SSSR count). The van der Waals surface area contributed by atoms with E-state index in [-0.39, 0.29) is 10.7 Å². The molecule has 172 valence electrons. The number of nitrogens with zero attached hydrogens (tertiary/aromatic N) is 2. The van der Waals surface area contributed by atoms with Crippen LogP contribution in [0.25, 0.3) is 11.0 Å². The molecule has 3 aromatic rings. The highest BCUT2D eigenvalue weighted by molar-refractivity contribution is 7.89. The van der Waals surface area contributed by atoms with Crippen molar-refractivity contribution in [1.29, 1.82) is 0 Å². The third-order valence-electron chi connectivity index (χ3n) is 5.41. The maximum atomic E-state index is 13.1. The molecule has 0 bridgehead atoms. The molecule has 0 saturated carbocycles. The van der Waals surface area contributed by atoms with E-state index in [1.165, 1.54) is 45.3 Å². The summed E-state index contributed by atoms with van der Waals surface area (Å²) in [5, 5.41) is 5.95. The van der Waals surface area contributed by atoms with Crippen molar-refractivity contribution in [3.63, 3.8) is 0 Å². The average molecular weight is 471 g/mol. The summed E-state index contributed by atoms with van der Waals surface area (Å²) in [5.41, 5.74) is -0.546. The lowest BCUT2D eigenvalue weighted by atomic mass is 9.99. The number of hydrogen-bond acceptors (Lipinski definition) is 6. The first-order valence-corrected chi connectivity index (χ1v) is 11.4. The van der Waals surface area contributed by atoms with Gasteiger partial charge < -0.3 is 15.1 Å². The molecule has 33 heavy (non-hydrogen) atoms. The summed E-state index contributed by atoms with van der Waals surface area (Å²) in [6, 6.07) is 13.7. The largest absolute Gasteiger partial charge is 0.458 e. The molecular weight excluding hydrogens is 448 g/mol. The molecule has 1 aliphatic rings. The lowest BCUT2D eigenvalue weighted by molar-refractivity contribution is -0.134. The number of amides is 4. The van der Waals surface area contributed by atoms with Gasteiger partial charge in [0.25, 0.3) is 5.91 Å². The highest BCUT2D eigenvalue weighted by Gasteiger charge is 2.51. The van der Waals surface area contributed by atoms with Gasteiger partial charge in [0, 0.05) is 25.2 Å². The Labute approximate surface area is 190 Å². The molecule has 0 radical (unpaired) electrons. The number of carbonyl (C=O) groups excluding carboxylic acids is 3. The van der Waals surface area contributed by atoms with Gasteiger partial charge in [-0.15, -0.1) is 0 Å². The Morgan fingerprint density at radius 1 is 1.12 bits per heavy atom. The first-order valence-electron chi connectivity index (χ1n) is 9.98. The number of furan rings is 1. The first-order chi connectivity index (χ1) is 15.5. The minimum Gasteiger partial charge on any atom is -0.458 e. The lowest BCUT2D eigenvalue weighted by Crippen LogP contribution is -2.41. The Kier molecular flexibility index (Phi) is 5.46. The maximum absolute atomic E-state index is 13.1. The van der Waals surface area contributed by atoms with Gasteiger partial charge in [-0.1, -0.05) is 18.2 Å². The fourth-order valence-corrected chi connectivity index (χ4v) is 4.40. The van der Waals surface area contributed by atoms with E-state index in [2.05, 4.69) is 10.6 Å². The maximum Gasteiger partial charge on any atom is 0.325 e. The molecule has 0 aliphatic carbocycles. The van der Waals surface area contributed by atoms with E-state index >= 15 is 0 Å². The molecule has 4 amide bonds. The van der Waals surface area contributed by atoms with E-state index in [4.69, 9.17) is 4.42 Å². The van der Waals surface area contributed by atoms with Crippen molar-refractivity contribution >= 4 is 44.5 Å². The van der Waals surface area contributed by atoms with Gasteiger partial charge in [-0.05, 0) is 43.3 Å². The molecule has 10 nitrogen and oxygen atoms in total. The number of para-hydroxylation sites is 1. The van der Waals surface area contributed by atoms with Crippen molar-refractivity contribution in [3.05, 3.63) is 60.4 Å². The Bertz CT molecular complexity index is 1330. The first kappa shape index (κ1) is 22.5. The number of anilines is 1. The molecule has 1 saturated heterocycles. The van der Waals surface area contributed by atoms with Gasteiger partial charge in [0.15, 0.2) is 5.54 Å². The van der Waals surface area contributed by atoms with E-state index < -0.39 is 40.0 Å². The number of hydrogen-bond donors (Lipinski definition) is 2. The topological polar surface area (TPSA) is 129 Å². The number of carbonyl (C=O) groups is 3. The summed E-state index contributed by atoms with van der Waals surface area (Å²) in [6.07, 6.45) is 0. The van der Waals surface area contributed by atoms with Crippen LogP contribution < -0.4 is 10.6 Å². The minimum atomic E-state index is -3.60. The van der Waals surface area contributed by atoms with Crippen LogP contribution in [0.4, 0.5) is 10.5 Å². The van der Waals surface area contributed by atoms with Crippen molar-refractivity contribution in [3.8, 4) is 0 Å². The normalized spacial score (nSPS) is 18.7. The molecule has 2 aromatic carbocycles. The number of fused-ring (bicyclic) bond motifs is 1. The number of benzene rings is 2. The molecule has 1 aliphatic heterocycles. The molecule has 0 spiro atoms. The highest BCUT2D eigenvalue weighted by atomic mass is 32.2. The lowest BCUT2D eigenvalue weighted by Gasteiger charge is -2.19. The van der Waals surface area contributed by atoms with Gasteiger partial charge in [-0.2, -0.15) is 0 Å². The van der Waals surface area contributed by atoms with E-state index in [1.807, 2.05) is 12.1 Å². The second-order valence-corrected chi connectivity index (χ2v) is 10.1. The summed E-state index contributed by atoms with van der Waals surface area (Å²) in [4.78, 5) is 38.9. The summed E-state index contributed by atoms with van der Waals surface area (Å²) in [5.74, 6) is -0.965. The number of rotatable bonds is 6. The van der Waals surface area contributed by atoms with Gasteiger partial charge in [-0.3, -0.25) is 14.5 Å². The highest BCUT2D eigenvalue weighted by Crippen LogP contribution is 2.33. The minimum absolute atomic E-state index is 0.0706. The zero-order chi connectivity index (χ0) is 24.0. The average Bonchev–Trinajstić information content (AvgIpc) is 3.30. The smallest absolute Gasteiger partial charge is 0.325 e. The summed E-state index contributed by atoms with van der Waals surface area (Å²) in [6.45, 7) is 1.00. The number of nitrogens with one attached hydrogen (secondary N) is 2. The standard InChI is InChI=1S/C22H22N4O6S/c1-22(18-12-14-6-4-5-7-17(14)32-18)20(28)26(21(29)24-22)13-19(27)23-15-8-10-16(11-9-15)33(30,31)25(2)3/h4-12H,13H2,1-3H3,(H,23,27)(H,24,29)/t22-/m0/s1. The molecule has 1 aromatic heterocycles. The van der Waals surface area contributed by atoms with Gasteiger partial charge >= 0.3 is 6.03 Å². The third-order valence-corrected chi connectivity index (χ3v) is 7.24. The number of imide groups is 1. The van der Waals surface area contributed by atoms with Crippen LogP contribution in [0.3, 0.4) is 0 Å². The summed E-state index contributed by atoms with van der Waals surface area (Å²) < 4.78 is 31.1. The predicted molar refractivity (Wildman–Crippen MR) is 120 cm³/mol. The molecule has 2 N–H and O–H groups in total. The molecule has 11 heteroatoms. The molecular formula is C22H22N4O6S. The zero-order valence-corrected chi connectivity index (χ0v) is 19.0. The van der Waals surface area contributed by atoms with Crippen LogP contribution in [0.2, 0.25) is 0 Å². The number of sulfonamides is 1. The van der Waals surface area contributed by atoms with E-state index in [9.17, 15) is 22.8 Å². The second-order valence-electron chi connectivity index (χ2n) is 7.95. The van der Waals surface area contributed by atoms with Crippen LogP contribution in [0.5, 0.6) is 0 Å². The quantitative estimate of drug-likeness (QED) is 0.531. The van der Waals surface area contributed by atoms with Crippen LogP contribution in [0, 0.1) is 0 Å². The zero-order valence-electron chi connectivity index (χ0n) is 18.2. The van der Waals surface area contributed by atoms with Gasteiger partial charge in [-0.25, -0.2) is 17.5 Å². The molecule has 0 unspecified atom stereocenters. The predicted octanol–water partition coefficient (Wildman–Crippen LogP) is 2.09. The fraction of sp³-hybridized carbons (Fsp3) is 0.227. The third kappa shape index (κ3) is 3.96. The van der Waals surface area contributed by atoms with Crippen LogP contribution in [0.1, 0.15) is 12.7 Å². The SMILES string of the molecule is CN(C)S(=O)(=O)c1ccc(NC(=O)CN2C(=O)N[C@@](C)(c3cc4ccccc4o3)C2=O)cc1. The van der Waals surface area contributed by atoms with Crippen molar-refractivity contribution in [2.75, 3.05) is 26.0 Å². The van der Waals surface area contributed by atoms with Crippen LogP contribution in [0.15, 0.2) is 63.9 Å². The van der Waals surface area contributed by atoms with Crippen molar-refractivity contribution in [2.24, 2.45) is 0 Å². The van der Waals surface area contributed by atoms with Crippen molar-refractivity contribution < 1.29 is 27.2 Å².